The van der Waals surface area contributed by atoms with Gasteiger partial charge in [0.1, 0.15) is 13.2 Å². The van der Waals surface area contributed by atoms with Gasteiger partial charge in [0, 0.05) is 12.8 Å². The number of carbonyl (C=O) groups excluding carboxylic acids is 2. The first-order chi connectivity index (χ1) is 43.6. The molecule has 0 rings (SSSR count). The Labute approximate surface area is 546 Å². The minimum absolute atomic E-state index is 0.180. The van der Waals surface area contributed by atoms with Gasteiger partial charge >= 0.3 is 17.9 Å². The lowest BCUT2D eigenvalue weighted by atomic mass is 10.0. The summed E-state index contributed by atoms with van der Waals surface area (Å²) in [5, 5.41) is 9.75. The first-order valence-corrected chi connectivity index (χ1v) is 35.6. The van der Waals surface area contributed by atoms with Crippen LogP contribution in [0.25, 0.3) is 0 Å². The Morgan fingerprint density at radius 2 is 0.607 bits per heavy atom. The minimum atomic E-state index is -1.52. The van der Waals surface area contributed by atoms with Crippen molar-refractivity contribution in [2.24, 2.45) is 0 Å². The second-order valence-electron chi connectivity index (χ2n) is 24.4. The van der Waals surface area contributed by atoms with Crippen LogP contribution in [0.5, 0.6) is 0 Å². The molecule has 0 saturated carbocycles. The SMILES string of the molecule is CC/C=C\C/C=C\C/C=C\C/C=C\C/C=C\C/C=C\C/C=C\C/C=C\C/C=C\CCCCCCCCCCCCCCCC(=O)OC(COC(=O)CCCCCCCCCCCC/C=C\C/C=C\C/C=C\C/C=C\CC)COC(OCC[N+](C)(C)C)C(=O)O. The molecule has 504 valence electrons. The van der Waals surface area contributed by atoms with Crippen molar-refractivity contribution in [1.82, 2.24) is 0 Å². The lowest BCUT2D eigenvalue weighted by Gasteiger charge is -2.25. The van der Waals surface area contributed by atoms with E-state index in [-0.39, 0.29) is 38.6 Å². The number of ether oxygens (including phenoxy) is 4. The maximum absolute atomic E-state index is 13.0. The summed E-state index contributed by atoms with van der Waals surface area (Å²) in [6, 6.07) is 0. The molecular formula is C80H132NO8+. The number of carboxylic acid groups (broad SMARTS) is 1. The first-order valence-electron chi connectivity index (χ1n) is 35.6. The van der Waals surface area contributed by atoms with E-state index in [1.165, 1.54) is 109 Å². The van der Waals surface area contributed by atoms with E-state index >= 15 is 0 Å². The third-order valence-electron chi connectivity index (χ3n) is 14.8. The number of allylic oxidation sites excluding steroid dienone is 26. The molecule has 0 heterocycles. The minimum Gasteiger partial charge on any atom is -0.477 e. The van der Waals surface area contributed by atoms with E-state index in [4.69, 9.17) is 18.9 Å². The van der Waals surface area contributed by atoms with E-state index in [2.05, 4.69) is 172 Å². The topological polar surface area (TPSA) is 108 Å². The van der Waals surface area contributed by atoms with Crippen LogP contribution in [0.15, 0.2) is 158 Å². The quantitative estimate of drug-likeness (QED) is 0.0211. The molecule has 89 heavy (non-hydrogen) atoms. The van der Waals surface area contributed by atoms with Crippen LogP contribution in [-0.4, -0.2) is 87.4 Å². The molecule has 1 N–H and O–H groups in total. The van der Waals surface area contributed by atoms with Crippen LogP contribution in [0.3, 0.4) is 0 Å². The van der Waals surface area contributed by atoms with Crippen molar-refractivity contribution in [3.05, 3.63) is 158 Å². The molecule has 9 heteroatoms. The normalized spacial score (nSPS) is 13.7. The van der Waals surface area contributed by atoms with E-state index < -0.39 is 24.3 Å². The predicted molar refractivity (Wildman–Crippen MR) is 382 cm³/mol. The maximum atomic E-state index is 13.0. The Morgan fingerprint density at radius 1 is 0.337 bits per heavy atom. The molecule has 0 aliphatic carbocycles. The van der Waals surface area contributed by atoms with Crippen LogP contribution >= 0.6 is 0 Å². The van der Waals surface area contributed by atoms with Crippen LogP contribution < -0.4 is 0 Å². The van der Waals surface area contributed by atoms with E-state index in [9.17, 15) is 19.5 Å². The van der Waals surface area contributed by atoms with Crippen LogP contribution in [0, 0.1) is 0 Å². The van der Waals surface area contributed by atoms with Gasteiger partial charge in [0.15, 0.2) is 6.10 Å². The molecule has 0 aromatic carbocycles. The largest absolute Gasteiger partial charge is 0.477 e. The van der Waals surface area contributed by atoms with Crippen molar-refractivity contribution in [2.45, 2.75) is 283 Å². The number of carbonyl (C=O) groups is 3. The Morgan fingerprint density at radius 3 is 0.899 bits per heavy atom. The van der Waals surface area contributed by atoms with Gasteiger partial charge in [-0.05, 0) is 122 Å². The molecule has 0 aromatic heterocycles. The molecule has 0 saturated heterocycles. The lowest BCUT2D eigenvalue weighted by molar-refractivity contribution is -0.870. The van der Waals surface area contributed by atoms with Gasteiger partial charge in [0.2, 0.25) is 0 Å². The third kappa shape index (κ3) is 70.2. The number of hydrogen-bond acceptors (Lipinski definition) is 7. The predicted octanol–water partition coefficient (Wildman–Crippen LogP) is 22.5. The summed E-state index contributed by atoms with van der Waals surface area (Å²) in [7, 11) is 5.97. The number of likely N-dealkylation sites (N-methyl/N-ethyl adjacent to an activating group) is 1. The van der Waals surface area contributed by atoms with Crippen molar-refractivity contribution in [2.75, 3.05) is 47.5 Å². The smallest absolute Gasteiger partial charge is 0.361 e. The number of quaternary nitrogens is 1. The Bertz CT molecular complexity index is 2020. The highest BCUT2D eigenvalue weighted by Gasteiger charge is 2.25. The van der Waals surface area contributed by atoms with Crippen LogP contribution in [0.4, 0.5) is 0 Å². The Kier molecular flexibility index (Phi) is 64.9. The molecule has 0 amide bonds. The molecule has 0 bridgehead atoms. The van der Waals surface area contributed by atoms with E-state index in [0.29, 0.717) is 17.4 Å². The van der Waals surface area contributed by atoms with Gasteiger partial charge in [-0.2, -0.15) is 0 Å². The van der Waals surface area contributed by atoms with Gasteiger partial charge in [-0.15, -0.1) is 0 Å². The molecule has 0 aliphatic heterocycles. The second-order valence-corrected chi connectivity index (χ2v) is 24.4. The highest BCUT2D eigenvalue weighted by atomic mass is 16.7. The summed E-state index contributed by atoms with van der Waals surface area (Å²) in [6.07, 6.45) is 99.2. The molecule has 0 spiro atoms. The number of rotatable bonds is 64. The summed E-state index contributed by atoms with van der Waals surface area (Å²) in [5.74, 6) is -2.02. The van der Waals surface area contributed by atoms with E-state index in [0.717, 1.165) is 128 Å². The van der Waals surface area contributed by atoms with Gasteiger partial charge in [0.25, 0.3) is 6.29 Å². The summed E-state index contributed by atoms with van der Waals surface area (Å²) in [6.45, 7) is 4.64. The monoisotopic (exact) mass is 1230 g/mol. The number of aliphatic carboxylic acids is 1. The molecule has 0 aliphatic rings. The zero-order chi connectivity index (χ0) is 64.7. The first kappa shape index (κ1) is 83.9. The molecule has 2 atom stereocenters. The Hall–Kier alpha value is -5.09. The molecule has 0 radical (unpaired) electrons. The average Bonchev–Trinajstić information content (AvgIpc) is 3.64. The van der Waals surface area contributed by atoms with Crippen molar-refractivity contribution < 1.29 is 42.9 Å². The maximum Gasteiger partial charge on any atom is 0.361 e. The van der Waals surface area contributed by atoms with Crippen LogP contribution in [0.1, 0.15) is 271 Å². The van der Waals surface area contributed by atoms with Gasteiger partial charge in [-0.25, -0.2) is 4.79 Å². The zero-order valence-electron chi connectivity index (χ0n) is 57.5. The molecule has 0 aromatic rings. The lowest BCUT2D eigenvalue weighted by Crippen LogP contribution is -2.40. The van der Waals surface area contributed by atoms with Crippen LogP contribution in [-0.2, 0) is 33.3 Å². The number of hydrogen-bond donors (Lipinski definition) is 1. The third-order valence-corrected chi connectivity index (χ3v) is 14.8. The number of carboxylic acids is 1. The van der Waals surface area contributed by atoms with E-state index in [1.807, 2.05) is 21.1 Å². The van der Waals surface area contributed by atoms with Crippen molar-refractivity contribution in [1.29, 1.82) is 0 Å². The van der Waals surface area contributed by atoms with Gasteiger partial charge in [-0.3, -0.25) is 9.59 Å². The van der Waals surface area contributed by atoms with Gasteiger partial charge in [0.05, 0.1) is 34.4 Å². The fourth-order valence-corrected chi connectivity index (χ4v) is 9.41. The summed E-state index contributed by atoms with van der Waals surface area (Å²) < 4.78 is 23.0. The molecular weight excluding hydrogens is 1100 g/mol. The molecule has 9 nitrogen and oxygen atoms in total. The summed E-state index contributed by atoms with van der Waals surface area (Å²) >= 11 is 0. The highest BCUT2D eigenvalue weighted by Crippen LogP contribution is 2.16. The summed E-state index contributed by atoms with van der Waals surface area (Å²) in [4.78, 5) is 37.6. The van der Waals surface area contributed by atoms with Gasteiger partial charge < -0.3 is 28.5 Å². The molecule has 0 fully saturated rings. The average molecular weight is 1240 g/mol. The standard InChI is InChI=1S/C80H131NO8/c1-6-8-10-12-14-16-18-20-22-24-26-28-30-31-32-33-34-35-36-37-38-39-40-41-42-43-44-45-46-47-49-51-53-55-57-59-61-63-65-67-69-71-78(83)89-76(75-88-80(79(84)85)86-73-72-81(3,4)5)74-87-77(82)70-68-66-64-62-60-58-56-54-52-50-48-29-27-25-23-21-19-17-15-13-11-9-7-2/h8-11,14-17,20-23,26-29,31-32,34-35,37-38,40-41,43-44,76,80H,6-7,12-13,18-19,24-25,30,33,36,39,42,45-75H2,1-5H3/p+1/b10-8-,11-9-,16-14-,17-15-,22-20-,23-21-,28-26-,29-27-,32-31-,35-34-,38-37-,41-40-,44-43-. The van der Waals surface area contributed by atoms with Crippen molar-refractivity contribution in [3.63, 3.8) is 0 Å². The number of unbranched alkanes of at least 4 members (excludes halogenated alkanes) is 23. The Balaban J connectivity index is 4.12. The second kappa shape index (κ2) is 68.8. The number of nitrogens with zero attached hydrogens (tertiary/aromatic N) is 1. The van der Waals surface area contributed by atoms with Crippen LogP contribution in [0.2, 0.25) is 0 Å². The van der Waals surface area contributed by atoms with Crippen molar-refractivity contribution >= 4 is 17.9 Å². The fraction of sp³-hybridized carbons (Fsp3) is 0.637. The van der Waals surface area contributed by atoms with E-state index in [1.54, 1.807) is 0 Å². The number of esters is 2. The molecule has 2 unspecified atom stereocenters. The zero-order valence-corrected chi connectivity index (χ0v) is 57.5. The van der Waals surface area contributed by atoms with Crippen molar-refractivity contribution in [3.8, 4) is 0 Å². The van der Waals surface area contributed by atoms with Gasteiger partial charge in [-0.1, -0.05) is 294 Å². The fourth-order valence-electron chi connectivity index (χ4n) is 9.41. The summed E-state index contributed by atoms with van der Waals surface area (Å²) in [5.41, 5.74) is 0. The highest BCUT2D eigenvalue weighted by molar-refractivity contribution is 5.71.